The number of fused-ring (bicyclic) bond motifs is 1. The molecule has 0 bridgehead atoms. The molecule has 0 atom stereocenters. The van der Waals surface area contributed by atoms with E-state index in [1.165, 1.54) is 40.9 Å². The van der Waals surface area contributed by atoms with E-state index in [1.807, 2.05) is 35.0 Å². The number of anilines is 1. The molecule has 8 heteroatoms. The lowest BCUT2D eigenvalue weighted by molar-refractivity contribution is -0.121. The minimum Gasteiger partial charge on any atom is -0.337 e. The molecule has 4 rings (SSSR count). The zero-order valence-corrected chi connectivity index (χ0v) is 17.0. The highest BCUT2D eigenvalue weighted by Gasteiger charge is 2.29. The van der Waals surface area contributed by atoms with Crippen molar-refractivity contribution in [3.05, 3.63) is 71.0 Å². The van der Waals surface area contributed by atoms with Crippen LogP contribution >= 0.6 is 24.0 Å². The first-order valence-electron chi connectivity index (χ1n) is 8.77. The molecule has 0 unspecified atom stereocenters. The second kappa shape index (κ2) is 7.81. The predicted molar refractivity (Wildman–Crippen MR) is 118 cm³/mol. The van der Waals surface area contributed by atoms with Crippen LogP contribution < -0.4 is 5.32 Å². The summed E-state index contributed by atoms with van der Waals surface area (Å²) in [7, 11) is 1.65. The van der Waals surface area contributed by atoms with Crippen molar-refractivity contribution >= 4 is 62.8 Å². The molecule has 2 aromatic carbocycles. The van der Waals surface area contributed by atoms with Crippen LogP contribution in [-0.2, 0) is 16.1 Å². The molecule has 1 fully saturated rings. The molecule has 0 aliphatic carbocycles. The average Bonchev–Trinajstić information content (AvgIpc) is 3.16. The van der Waals surface area contributed by atoms with Gasteiger partial charge in [-0.2, -0.15) is 0 Å². The van der Waals surface area contributed by atoms with Crippen LogP contribution in [0.3, 0.4) is 0 Å². The van der Waals surface area contributed by atoms with E-state index in [-0.39, 0.29) is 24.2 Å². The van der Waals surface area contributed by atoms with Gasteiger partial charge in [-0.15, -0.1) is 0 Å². The van der Waals surface area contributed by atoms with Crippen molar-refractivity contribution in [2.24, 2.45) is 0 Å². The summed E-state index contributed by atoms with van der Waals surface area (Å²) in [5.74, 6) is -0.726. The minimum absolute atomic E-state index is 0.0838. The van der Waals surface area contributed by atoms with Gasteiger partial charge in [0.2, 0.25) is 5.91 Å². The third kappa shape index (κ3) is 3.94. The topological polar surface area (TPSA) is 54.3 Å². The summed E-state index contributed by atoms with van der Waals surface area (Å²) in [6.07, 6.45) is 3.65. The highest BCUT2D eigenvalue weighted by Crippen LogP contribution is 2.33. The number of thioether (sulfide) groups is 1. The van der Waals surface area contributed by atoms with Crippen molar-refractivity contribution < 1.29 is 14.0 Å². The number of nitrogens with zero attached hydrogens (tertiary/aromatic N) is 2. The molecule has 3 aromatic rings. The van der Waals surface area contributed by atoms with Gasteiger partial charge in [0, 0.05) is 35.4 Å². The van der Waals surface area contributed by atoms with Crippen LogP contribution in [0, 0.1) is 5.82 Å². The average molecular weight is 426 g/mol. The Kier molecular flexibility index (Phi) is 5.21. The number of nitrogens with one attached hydrogen (secondary N) is 1. The SMILES string of the molecule is CN1C(=O)/C(=C\c2cn(CC(=O)Nc3ccc(F)cc3)c3ccccc23)SC1=S. The number of aromatic nitrogens is 1. The second-order valence-electron chi connectivity index (χ2n) is 6.53. The van der Waals surface area contributed by atoms with Crippen LogP contribution in [-0.4, -0.2) is 32.6 Å². The van der Waals surface area contributed by atoms with Gasteiger partial charge in [0.25, 0.3) is 5.91 Å². The Morgan fingerprint density at radius 2 is 1.93 bits per heavy atom. The molecule has 1 aromatic heterocycles. The van der Waals surface area contributed by atoms with Crippen LogP contribution in [0.15, 0.2) is 59.6 Å². The van der Waals surface area contributed by atoms with Crippen molar-refractivity contribution in [3.8, 4) is 0 Å². The van der Waals surface area contributed by atoms with Crippen LogP contribution in [0.2, 0.25) is 0 Å². The van der Waals surface area contributed by atoms with E-state index in [2.05, 4.69) is 5.32 Å². The Morgan fingerprint density at radius 1 is 1.21 bits per heavy atom. The first-order chi connectivity index (χ1) is 13.9. The molecule has 1 saturated heterocycles. The van der Waals surface area contributed by atoms with Gasteiger partial charge >= 0.3 is 0 Å². The van der Waals surface area contributed by atoms with Crippen molar-refractivity contribution in [3.63, 3.8) is 0 Å². The van der Waals surface area contributed by atoms with Gasteiger partial charge in [0.15, 0.2) is 0 Å². The van der Waals surface area contributed by atoms with Gasteiger partial charge in [-0.25, -0.2) is 4.39 Å². The number of hydrogen-bond donors (Lipinski definition) is 1. The quantitative estimate of drug-likeness (QED) is 0.502. The van der Waals surface area contributed by atoms with E-state index >= 15 is 0 Å². The molecule has 0 radical (unpaired) electrons. The summed E-state index contributed by atoms with van der Waals surface area (Å²) in [6, 6.07) is 13.3. The highest BCUT2D eigenvalue weighted by molar-refractivity contribution is 8.26. The number of likely N-dealkylation sites (N-methyl/N-ethyl adjacent to an activating group) is 1. The zero-order chi connectivity index (χ0) is 20.5. The van der Waals surface area contributed by atoms with Crippen LogP contribution in [0.5, 0.6) is 0 Å². The van der Waals surface area contributed by atoms with E-state index in [1.54, 1.807) is 13.1 Å². The number of thiocarbonyl (C=S) groups is 1. The molecule has 0 spiro atoms. The number of benzene rings is 2. The number of carbonyl (C=O) groups excluding carboxylic acids is 2. The summed E-state index contributed by atoms with van der Waals surface area (Å²) in [6.45, 7) is 0.0838. The molecular weight excluding hydrogens is 409 g/mol. The molecular formula is C21H16FN3O2S2. The summed E-state index contributed by atoms with van der Waals surface area (Å²) in [4.78, 5) is 26.8. The standard InChI is InChI=1S/C21H16FN3O2S2/c1-24-20(27)18(29-21(24)28)10-13-11-25(17-5-3-2-4-16(13)17)12-19(26)23-15-8-6-14(22)7-9-15/h2-11H,12H2,1H3,(H,23,26)/b18-10+. The second-order valence-corrected chi connectivity index (χ2v) is 8.20. The zero-order valence-electron chi connectivity index (χ0n) is 15.4. The van der Waals surface area contributed by atoms with Crippen molar-refractivity contribution in [1.82, 2.24) is 9.47 Å². The van der Waals surface area contributed by atoms with Gasteiger partial charge in [0.05, 0.1) is 4.91 Å². The Morgan fingerprint density at radius 3 is 2.62 bits per heavy atom. The Balaban J connectivity index is 1.62. The fourth-order valence-corrected chi connectivity index (χ4v) is 4.27. The number of amides is 2. The van der Waals surface area contributed by atoms with E-state index < -0.39 is 0 Å². The monoisotopic (exact) mass is 425 g/mol. The van der Waals surface area contributed by atoms with Crippen LogP contribution in [0.1, 0.15) is 5.56 Å². The first-order valence-corrected chi connectivity index (χ1v) is 10.00. The molecule has 1 aliphatic heterocycles. The minimum atomic E-state index is -0.360. The smallest absolute Gasteiger partial charge is 0.265 e. The van der Waals surface area contributed by atoms with E-state index in [4.69, 9.17) is 12.2 Å². The molecule has 5 nitrogen and oxygen atoms in total. The van der Waals surface area contributed by atoms with E-state index in [0.29, 0.717) is 14.9 Å². The third-order valence-electron chi connectivity index (χ3n) is 4.53. The van der Waals surface area contributed by atoms with Crippen molar-refractivity contribution in [2.45, 2.75) is 6.54 Å². The van der Waals surface area contributed by atoms with Gasteiger partial charge in [-0.05, 0) is 36.4 Å². The lowest BCUT2D eigenvalue weighted by Crippen LogP contribution is -2.22. The Hall–Kier alpha value is -2.97. The van der Waals surface area contributed by atoms with Crippen molar-refractivity contribution in [1.29, 1.82) is 0 Å². The maximum absolute atomic E-state index is 13.0. The maximum Gasteiger partial charge on any atom is 0.265 e. The summed E-state index contributed by atoms with van der Waals surface area (Å²) >= 11 is 6.45. The summed E-state index contributed by atoms with van der Waals surface area (Å²) in [5.41, 5.74) is 2.24. The summed E-state index contributed by atoms with van der Waals surface area (Å²) < 4.78 is 15.4. The largest absolute Gasteiger partial charge is 0.337 e. The number of hydrogen-bond acceptors (Lipinski definition) is 4. The molecule has 0 saturated carbocycles. The van der Waals surface area contributed by atoms with E-state index in [9.17, 15) is 14.0 Å². The molecule has 1 aliphatic rings. The fraction of sp³-hybridized carbons (Fsp3) is 0.0952. The van der Waals surface area contributed by atoms with Crippen molar-refractivity contribution in [2.75, 3.05) is 12.4 Å². The Bertz CT molecular complexity index is 1170. The molecule has 2 heterocycles. The van der Waals surface area contributed by atoms with E-state index in [0.717, 1.165) is 16.5 Å². The lowest BCUT2D eigenvalue weighted by Gasteiger charge is -2.07. The fourth-order valence-electron chi connectivity index (χ4n) is 3.10. The van der Waals surface area contributed by atoms with Gasteiger partial charge in [-0.3, -0.25) is 14.5 Å². The maximum atomic E-state index is 13.0. The molecule has 1 N–H and O–H groups in total. The summed E-state index contributed by atoms with van der Waals surface area (Å²) in [5, 5.41) is 3.69. The van der Waals surface area contributed by atoms with Crippen LogP contribution in [0.4, 0.5) is 10.1 Å². The third-order valence-corrected chi connectivity index (χ3v) is 6.02. The Labute approximate surface area is 176 Å². The normalized spacial score (nSPS) is 15.5. The van der Waals surface area contributed by atoms with Gasteiger partial charge in [-0.1, -0.05) is 42.2 Å². The number of rotatable bonds is 4. The predicted octanol–water partition coefficient (Wildman–Crippen LogP) is 4.25. The number of para-hydroxylation sites is 1. The highest BCUT2D eigenvalue weighted by atomic mass is 32.2. The van der Waals surface area contributed by atoms with Gasteiger partial charge in [0.1, 0.15) is 16.7 Å². The van der Waals surface area contributed by atoms with Gasteiger partial charge < -0.3 is 9.88 Å². The van der Waals surface area contributed by atoms with Crippen LogP contribution in [0.25, 0.3) is 17.0 Å². The molecule has 2 amide bonds. The molecule has 146 valence electrons. The number of halogens is 1. The molecule has 29 heavy (non-hydrogen) atoms. The number of carbonyl (C=O) groups is 2. The lowest BCUT2D eigenvalue weighted by atomic mass is 10.1. The first kappa shape index (κ1) is 19.4.